The van der Waals surface area contributed by atoms with Gasteiger partial charge >= 0.3 is 6.18 Å². The van der Waals surface area contributed by atoms with Crippen LogP contribution in [0.3, 0.4) is 0 Å². The Labute approximate surface area is 144 Å². The molecule has 1 N–H and O–H groups in total. The Balaban J connectivity index is 2.05. The summed E-state index contributed by atoms with van der Waals surface area (Å²) in [5.41, 5.74) is 1.15. The largest absolute Gasteiger partial charge is 0.481 e. The molecule has 0 aliphatic heterocycles. The zero-order chi connectivity index (χ0) is 18.4. The lowest BCUT2D eigenvalue weighted by molar-refractivity contribution is -0.183. The van der Waals surface area contributed by atoms with Crippen LogP contribution in [0.4, 0.5) is 18.9 Å². The van der Waals surface area contributed by atoms with E-state index in [2.05, 4.69) is 16.9 Å². The van der Waals surface area contributed by atoms with Crippen molar-refractivity contribution >= 4 is 17.7 Å². The number of halogens is 3. The van der Waals surface area contributed by atoms with Gasteiger partial charge in [-0.15, -0.1) is 0 Å². The predicted molar refractivity (Wildman–Crippen MR) is 90.2 cm³/mol. The SMILES string of the molecule is C=CC(=O)Nc1cnc(OC)c(/C=C/[C@H]2CC[C@H](C(F)(F)F)CC2)c1. The maximum Gasteiger partial charge on any atom is 0.391 e. The van der Waals surface area contributed by atoms with E-state index in [1.807, 2.05) is 6.08 Å². The second kappa shape index (κ2) is 8.18. The molecular weight excluding hydrogens is 333 g/mol. The molecule has 1 aromatic rings. The molecular formula is C18H21F3N2O2. The Morgan fingerprint density at radius 3 is 2.60 bits per heavy atom. The third kappa shape index (κ3) is 5.34. The maximum atomic E-state index is 12.7. The summed E-state index contributed by atoms with van der Waals surface area (Å²) in [7, 11) is 1.48. The molecule has 1 aliphatic carbocycles. The summed E-state index contributed by atoms with van der Waals surface area (Å²) < 4.78 is 43.3. The summed E-state index contributed by atoms with van der Waals surface area (Å²) in [4.78, 5) is 15.5. The quantitative estimate of drug-likeness (QED) is 0.787. The van der Waals surface area contributed by atoms with E-state index in [1.165, 1.54) is 13.3 Å². The van der Waals surface area contributed by atoms with Crippen molar-refractivity contribution in [3.8, 4) is 5.88 Å². The van der Waals surface area contributed by atoms with Crippen LogP contribution >= 0.6 is 0 Å². The zero-order valence-electron chi connectivity index (χ0n) is 14.0. The Bertz CT molecular complexity index is 648. The van der Waals surface area contributed by atoms with Crippen molar-refractivity contribution in [3.05, 3.63) is 36.6 Å². The lowest BCUT2D eigenvalue weighted by Crippen LogP contribution is -2.27. The van der Waals surface area contributed by atoms with Gasteiger partial charge in [0, 0.05) is 5.56 Å². The van der Waals surface area contributed by atoms with E-state index in [9.17, 15) is 18.0 Å². The van der Waals surface area contributed by atoms with Crippen molar-refractivity contribution in [2.24, 2.45) is 11.8 Å². The van der Waals surface area contributed by atoms with E-state index in [1.54, 1.807) is 12.1 Å². The molecule has 1 amide bonds. The van der Waals surface area contributed by atoms with Crippen LogP contribution in [-0.2, 0) is 4.79 Å². The number of nitrogens with one attached hydrogen (secondary N) is 1. The highest BCUT2D eigenvalue weighted by molar-refractivity contribution is 5.98. The first-order valence-corrected chi connectivity index (χ1v) is 8.06. The van der Waals surface area contributed by atoms with Gasteiger partial charge in [-0.05, 0) is 43.7 Å². The topological polar surface area (TPSA) is 51.2 Å². The molecule has 0 aromatic carbocycles. The standard InChI is InChI=1S/C18H21F3N2O2/c1-3-16(24)23-15-10-13(17(25-2)22-11-15)7-4-12-5-8-14(9-6-12)18(19,20)21/h3-4,7,10-12,14H,1,5-6,8-9H2,2H3,(H,23,24)/b7-4+/t12-,14-. The van der Waals surface area contributed by atoms with Crippen molar-refractivity contribution in [1.29, 1.82) is 0 Å². The van der Waals surface area contributed by atoms with Crippen LogP contribution in [0, 0.1) is 11.8 Å². The van der Waals surface area contributed by atoms with Crippen LogP contribution in [0.5, 0.6) is 5.88 Å². The average molecular weight is 354 g/mol. The molecule has 0 unspecified atom stereocenters. The van der Waals surface area contributed by atoms with Crippen molar-refractivity contribution in [2.75, 3.05) is 12.4 Å². The van der Waals surface area contributed by atoms with Crippen LogP contribution in [-0.4, -0.2) is 24.2 Å². The number of carbonyl (C=O) groups excluding carboxylic acids is 1. The molecule has 25 heavy (non-hydrogen) atoms. The van der Waals surface area contributed by atoms with Crippen LogP contribution in [0.1, 0.15) is 31.2 Å². The van der Waals surface area contributed by atoms with Crippen molar-refractivity contribution in [3.63, 3.8) is 0 Å². The number of methoxy groups -OCH3 is 1. The second-order valence-electron chi connectivity index (χ2n) is 6.03. The third-order valence-electron chi connectivity index (χ3n) is 4.31. The van der Waals surface area contributed by atoms with Gasteiger partial charge in [-0.25, -0.2) is 4.98 Å². The maximum absolute atomic E-state index is 12.7. The number of allylic oxidation sites excluding steroid dienone is 1. The molecule has 0 spiro atoms. The van der Waals surface area contributed by atoms with Crippen LogP contribution < -0.4 is 10.1 Å². The Hall–Kier alpha value is -2.31. The number of aromatic nitrogens is 1. The lowest BCUT2D eigenvalue weighted by Gasteiger charge is -2.28. The molecule has 4 nitrogen and oxygen atoms in total. The van der Waals surface area contributed by atoms with Crippen LogP contribution in [0.2, 0.25) is 0 Å². The van der Waals surface area contributed by atoms with Gasteiger partial charge < -0.3 is 10.1 Å². The molecule has 2 rings (SSSR count). The summed E-state index contributed by atoms with van der Waals surface area (Å²) >= 11 is 0. The summed E-state index contributed by atoms with van der Waals surface area (Å²) in [6.45, 7) is 3.38. The van der Waals surface area contributed by atoms with Crippen molar-refractivity contribution in [1.82, 2.24) is 4.98 Å². The Morgan fingerprint density at radius 2 is 2.04 bits per heavy atom. The van der Waals surface area contributed by atoms with Gasteiger partial charge in [-0.2, -0.15) is 13.2 Å². The third-order valence-corrected chi connectivity index (χ3v) is 4.31. The summed E-state index contributed by atoms with van der Waals surface area (Å²) in [5.74, 6) is -1.07. The minimum Gasteiger partial charge on any atom is -0.481 e. The van der Waals surface area contributed by atoms with Crippen molar-refractivity contribution < 1.29 is 22.7 Å². The predicted octanol–water partition coefficient (Wildman–Crippen LogP) is 4.60. The fourth-order valence-corrected chi connectivity index (χ4v) is 2.90. The molecule has 7 heteroatoms. The number of ether oxygens (including phenoxy) is 1. The van der Waals surface area contributed by atoms with Gasteiger partial charge in [0.05, 0.1) is 24.9 Å². The summed E-state index contributed by atoms with van der Waals surface area (Å²) in [5, 5.41) is 2.61. The van der Waals surface area contributed by atoms with Gasteiger partial charge in [0.25, 0.3) is 0 Å². The zero-order valence-corrected chi connectivity index (χ0v) is 14.0. The van der Waals surface area contributed by atoms with Crippen LogP contribution in [0.15, 0.2) is 31.0 Å². The molecule has 0 bridgehead atoms. The first-order chi connectivity index (χ1) is 11.8. The molecule has 1 aliphatic rings. The second-order valence-corrected chi connectivity index (χ2v) is 6.03. The minimum atomic E-state index is -4.10. The van der Waals surface area contributed by atoms with Crippen LogP contribution in [0.25, 0.3) is 6.08 Å². The fraction of sp³-hybridized carbons (Fsp3) is 0.444. The highest BCUT2D eigenvalue weighted by atomic mass is 19.4. The fourth-order valence-electron chi connectivity index (χ4n) is 2.90. The van der Waals surface area contributed by atoms with E-state index in [4.69, 9.17) is 4.74 Å². The highest BCUT2D eigenvalue weighted by Gasteiger charge is 2.40. The molecule has 136 valence electrons. The first kappa shape index (κ1) is 19.0. The van der Waals surface area contributed by atoms with Gasteiger partial charge in [0.15, 0.2) is 0 Å². The van der Waals surface area contributed by atoms with Gasteiger partial charge in [0.1, 0.15) is 0 Å². The lowest BCUT2D eigenvalue weighted by atomic mass is 9.81. The smallest absolute Gasteiger partial charge is 0.391 e. The molecule has 1 fully saturated rings. The molecule has 0 atom stereocenters. The number of anilines is 1. The van der Waals surface area contributed by atoms with E-state index >= 15 is 0 Å². The number of hydrogen-bond acceptors (Lipinski definition) is 3. The first-order valence-electron chi connectivity index (χ1n) is 8.06. The van der Waals surface area contributed by atoms with Gasteiger partial charge in [0.2, 0.25) is 11.8 Å². The summed E-state index contributed by atoms with van der Waals surface area (Å²) in [6.07, 6.45) is 3.52. The molecule has 1 heterocycles. The van der Waals surface area contributed by atoms with Crippen molar-refractivity contribution in [2.45, 2.75) is 31.9 Å². The monoisotopic (exact) mass is 354 g/mol. The summed E-state index contributed by atoms with van der Waals surface area (Å²) in [6, 6.07) is 1.70. The number of alkyl halides is 3. The Morgan fingerprint density at radius 1 is 1.36 bits per heavy atom. The molecule has 0 radical (unpaired) electrons. The van der Waals surface area contributed by atoms with Gasteiger partial charge in [-0.1, -0.05) is 18.7 Å². The number of pyridine rings is 1. The molecule has 1 aromatic heterocycles. The molecule has 0 saturated heterocycles. The normalized spacial score (nSPS) is 21.1. The number of nitrogens with zero attached hydrogens (tertiary/aromatic N) is 1. The number of carbonyl (C=O) groups is 1. The van der Waals surface area contributed by atoms with E-state index in [0.29, 0.717) is 30.0 Å². The number of hydrogen-bond donors (Lipinski definition) is 1. The van der Waals surface area contributed by atoms with E-state index < -0.39 is 12.1 Å². The highest BCUT2D eigenvalue weighted by Crippen LogP contribution is 2.40. The number of amides is 1. The Kier molecular flexibility index (Phi) is 6.22. The number of rotatable bonds is 5. The van der Waals surface area contributed by atoms with Gasteiger partial charge in [-0.3, -0.25) is 4.79 Å². The van der Waals surface area contributed by atoms with E-state index in [0.717, 1.165) is 6.08 Å². The average Bonchev–Trinajstić information content (AvgIpc) is 2.59. The van der Waals surface area contributed by atoms with E-state index in [-0.39, 0.29) is 24.7 Å². The minimum absolute atomic E-state index is 0.0923. The molecule has 1 saturated carbocycles.